The number of hydrogen-bond donors (Lipinski definition) is 5. The first-order chi connectivity index (χ1) is 43.5. The van der Waals surface area contributed by atoms with Gasteiger partial charge in [0.2, 0.25) is 0 Å². The molecule has 2 aromatic heterocycles. The maximum absolute atomic E-state index is 14.8. The van der Waals surface area contributed by atoms with Gasteiger partial charge in [-0.15, -0.1) is 22.7 Å². The third-order valence-electron chi connectivity index (χ3n) is 14.6. The Morgan fingerprint density at radius 1 is 0.693 bits per heavy atom. The number of aliphatic hydroxyl groups is 1. The van der Waals surface area contributed by atoms with Gasteiger partial charge in [-0.2, -0.15) is 0 Å². The normalized spacial score (nSPS) is 16.8. The molecule has 0 saturated carbocycles. The number of anilines is 4. The number of fused-ring (bicyclic) bond motifs is 2. The molecule has 4 atom stereocenters. The topological polar surface area (TPSA) is 241 Å². The summed E-state index contributed by atoms with van der Waals surface area (Å²) >= 11 is 2.49. The number of thiazole rings is 2. The number of halogens is 2. The number of ether oxygens (including phenoxy) is 6. The second kappa shape index (κ2) is 34.9. The molecule has 24 heteroatoms. The maximum Gasteiger partial charge on any atom is 0.257 e. The van der Waals surface area contributed by atoms with Crippen LogP contribution in [0.4, 0.5) is 30.4 Å². The molecule has 6 aromatic rings. The van der Waals surface area contributed by atoms with Gasteiger partial charge in [0, 0.05) is 119 Å². The number of unbranched alkanes of at least 4 members (excludes halogenated alkanes) is 2. The minimum absolute atomic E-state index is 0.113. The maximum atomic E-state index is 14.8. The van der Waals surface area contributed by atoms with Crippen LogP contribution in [0.3, 0.4) is 0 Å². The summed E-state index contributed by atoms with van der Waals surface area (Å²) in [5.41, 5.74) is 4.30. The van der Waals surface area contributed by atoms with Crippen LogP contribution >= 0.6 is 22.7 Å². The third-order valence-corrected chi connectivity index (χ3v) is 16.0. The highest BCUT2D eigenvalue weighted by atomic mass is 32.1. The highest BCUT2D eigenvalue weighted by Crippen LogP contribution is 2.42. The van der Waals surface area contributed by atoms with Crippen molar-refractivity contribution >= 4 is 74.2 Å². The van der Waals surface area contributed by atoms with Crippen molar-refractivity contribution in [3.8, 4) is 11.5 Å². The van der Waals surface area contributed by atoms with E-state index in [0.29, 0.717) is 118 Å². The average Bonchev–Trinajstić information content (AvgIpc) is 1.72. The van der Waals surface area contributed by atoms with E-state index in [-0.39, 0.29) is 54.1 Å². The lowest BCUT2D eigenvalue weighted by Crippen LogP contribution is -2.38. The summed E-state index contributed by atoms with van der Waals surface area (Å²) in [6, 6.07) is 16.8. The fraction of sp³-hybridized carbons (Fsp3) is 0.453. The third kappa shape index (κ3) is 18.3. The molecule has 472 valence electrons. The van der Waals surface area contributed by atoms with Gasteiger partial charge in [0.25, 0.3) is 23.6 Å². The van der Waals surface area contributed by atoms with E-state index in [2.05, 4.69) is 31.2 Å². The number of aldehydes is 1. The molecule has 6 heterocycles. The van der Waals surface area contributed by atoms with Crippen LogP contribution in [0.2, 0.25) is 0 Å². The Balaban J connectivity index is 0.000000220. The molecule has 2 saturated heterocycles. The van der Waals surface area contributed by atoms with E-state index in [0.717, 1.165) is 68.8 Å². The fourth-order valence-electron chi connectivity index (χ4n) is 10.5. The summed E-state index contributed by atoms with van der Waals surface area (Å²) in [5.74, 6) is -2.27. The predicted octanol–water partition coefficient (Wildman–Crippen LogP) is 11.5. The molecule has 5 N–H and O–H groups in total. The van der Waals surface area contributed by atoms with Crippen molar-refractivity contribution in [1.29, 1.82) is 0 Å². The molecule has 2 fully saturated rings. The molecule has 10 rings (SSSR count). The monoisotopic (exact) mass is 1250 g/mol. The molecule has 0 bridgehead atoms. The Bertz CT molecular complexity index is 3210. The molecular weight excluding hydrogens is 1170 g/mol. The van der Waals surface area contributed by atoms with Crippen LogP contribution < -0.4 is 30.7 Å². The largest absolute Gasteiger partial charge is 0.465 e. The zero-order valence-electron chi connectivity index (χ0n) is 50.4. The molecule has 4 amide bonds. The lowest BCUT2D eigenvalue weighted by atomic mass is 10.0. The second-order valence-electron chi connectivity index (χ2n) is 20.7. The number of rotatable bonds is 30. The Kier molecular flexibility index (Phi) is 25.8. The van der Waals surface area contributed by atoms with Gasteiger partial charge < -0.3 is 58.8 Å². The number of carbonyl (C=O) groups is 5. The summed E-state index contributed by atoms with van der Waals surface area (Å²) in [5, 5.41) is 25.4. The van der Waals surface area contributed by atoms with E-state index in [9.17, 15) is 32.8 Å². The highest BCUT2D eigenvalue weighted by molar-refractivity contribution is 7.14. The van der Waals surface area contributed by atoms with Gasteiger partial charge in [-0.25, -0.2) is 18.7 Å². The number of hydrogen-bond acceptors (Lipinski definition) is 18. The van der Waals surface area contributed by atoms with Crippen molar-refractivity contribution in [2.45, 2.75) is 129 Å². The average molecular weight is 1250 g/mol. The van der Waals surface area contributed by atoms with Crippen molar-refractivity contribution in [3.63, 3.8) is 0 Å². The van der Waals surface area contributed by atoms with Crippen LogP contribution in [0.15, 0.2) is 96.0 Å². The van der Waals surface area contributed by atoms with Gasteiger partial charge in [-0.1, -0.05) is 38.1 Å². The van der Waals surface area contributed by atoms with Gasteiger partial charge >= 0.3 is 0 Å². The number of nitrogens with zero attached hydrogens (tertiary/aromatic N) is 4. The van der Waals surface area contributed by atoms with Gasteiger partial charge in [0.05, 0.1) is 30.9 Å². The first kappa shape index (κ1) is 65.0. The number of aliphatic hydroxyl groups excluding tert-OH is 1. The van der Waals surface area contributed by atoms with Crippen LogP contribution in [-0.4, -0.2) is 127 Å². The summed E-state index contributed by atoms with van der Waals surface area (Å²) in [7, 11) is 0. The summed E-state index contributed by atoms with van der Waals surface area (Å²) in [6.45, 7) is 7.16. The summed E-state index contributed by atoms with van der Waals surface area (Å²) in [6.07, 6.45) is 12.2. The first-order valence-electron chi connectivity index (χ1n) is 30.6. The van der Waals surface area contributed by atoms with Crippen molar-refractivity contribution in [2.75, 3.05) is 80.6 Å². The molecule has 4 aliphatic rings. The summed E-state index contributed by atoms with van der Waals surface area (Å²) < 4.78 is 70.5. The highest BCUT2D eigenvalue weighted by Gasteiger charge is 2.43. The Morgan fingerprint density at radius 3 is 1.58 bits per heavy atom. The molecule has 20 nitrogen and oxygen atoms in total. The van der Waals surface area contributed by atoms with Gasteiger partial charge in [0.15, 0.2) is 22.8 Å². The second-order valence-corrected chi connectivity index (χ2v) is 22.5. The van der Waals surface area contributed by atoms with E-state index in [1.807, 2.05) is 36.4 Å². The van der Waals surface area contributed by atoms with Crippen LogP contribution in [0.1, 0.15) is 147 Å². The van der Waals surface area contributed by atoms with Crippen LogP contribution in [0, 0.1) is 11.6 Å². The molecular formula is C64H78F2N8O12S2. The van der Waals surface area contributed by atoms with E-state index in [1.54, 1.807) is 30.1 Å². The quantitative estimate of drug-likeness (QED) is 0.0208. The smallest absolute Gasteiger partial charge is 0.257 e. The van der Waals surface area contributed by atoms with Crippen LogP contribution in [0.5, 0.6) is 11.5 Å². The van der Waals surface area contributed by atoms with E-state index >= 15 is 0 Å². The SMILES string of the molecule is O=C(Nc1nccs1)C(c1cc(F)ccc1OC1CCCCO1)N1Cc2cccc(NCCCCOCCCO)c2C1=O.O=CCCOCCCCNc1cccc2c1C(=O)N(C(C(=O)Nc1nccs1)c1cc(F)ccc1OC1CCCCO1)C2.[2H]CC. The van der Waals surface area contributed by atoms with Gasteiger partial charge in [-0.3, -0.25) is 29.8 Å². The molecule has 88 heavy (non-hydrogen) atoms. The Hall–Kier alpha value is -7.45. The van der Waals surface area contributed by atoms with Crippen molar-refractivity contribution in [2.24, 2.45) is 0 Å². The molecule has 0 radical (unpaired) electrons. The van der Waals surface area contributed by atoms with Crippen LogP contribution in [0.25, 0.3) is 0 Å². The van der Waals surface area contributed by atoms with E-state index in [4.69, 9.17) is 34.9 Å². The van der Waals surface area contributed by atoms with Crippen molar-refractivity contribution in [3.05, 3.63) is 141 Å². The first-order valence-corrected chi connectivity index (χ1v) is 31.7. The lowest BCUT2D eigenvalue weighted by Gasteiger charge is -2.30. The van der Waals surface area contributed by atoms with Gasteiger partial charge in [-0.05, 0) is 117 Å². The zero-order valence-corrected chi connectivity index (χ0v) is 51.0. The molecule has 4 aliphatic heterocycles. The van der Waals surface area contributed by atoms with Gasteiger partial charge in [0.1, 0.15) is 41.5 Å². The van der Waals surface area contributed by atoms with Crippen LogP contribution in [-0.2, 0) is 46.4 Å². The van der Waals surface area contributed by atoms with Crippen molar-refractivity contribution in [1.82, 2.24) is 19.8 Å². The van der Waals surface area contributed by atoms with E-state index in [1.165, 1.54) is 68.9 Å². The molecule has 0 aliphatic carbocycles. The lowest BCUT2D eigenvalue weighted by molar-refractivity contribution is -0.122. The Morgan fingerprint density at radius 2 is 1.16 bits per heavy atom. The van der Waals surface area contributed by atoms with Crippen molar-refractivity contribution < 1.29 is 67.7 Å². The molecule has 4 unspecified atom stereocenters. The number of benzene rings is 4. The van der Waals surface area contributed by atoms with E-state index < -0.39 is 48.1 Å². The minimum Gasteiger partial charge on any atom is -0.465 e. The molecule has 4 aromatic carbocycles. The Labute approximate surface area is 521 Å². The fourth-order valence-corrected chi connectivity index (χ4v) is 11.5. The number of nitrogens with one attached hydrogen (secondary N) is 4. The molecule has 0 spiro atoms. The standard InChI is InChI=1S/C31H37FN4O6S.C31H35FN4O6S.C2H6/c2*32-22-10-11-25(42-26-9-1-3-17-41-26)23(19-22)28(29(38)35-31-34-13-18-43-31)36-20-21-7-5-8-24(27(21)30(36)39)33-12-2-4-15-40-16-6-14-37;1-2/h5,7-8,10-11,13,18-19,26,28,33,37H,1-4,6,9,12,14-17,20H2,(H,34,35,38);5,7-8,10-11,13-14,18-19,26,28,33H,1-4,6,9,12,15-17,20H2,(H,34,35,38);1-2H3/i;;1D. The number of carbonyl (C=O) groups excluding carboxylic acids is 5. The number of amides is 4. The summed E-state index contributed by atoms with van der Waals surface area (Å²) in [4.78, 5) is 77.5. The predicted molar refractivity (Wildman–Crippen MR) is 332 cm³/mol. The number of aromatic nitrogens is 2. The minimum atomic E-state index is -1.20. The zero-order chi connectivity index (χ0) is 62.7.